The smallest absolute Gasteiger partial charge is 0.205 e. The Labute approximate surface area is 207 Å². The van der Waals surface area contributed by atoms with E-state index in [1.165, 1.54) is 19.2 Å². The zero-order chi connectivity index (χ0) is 25.2. The van der Waals surface area contributed by atoms with E-state index in [4.69, 9.17) is 24.4 Å². The minimum absolute atomic E-state index is 0.0542. The van der Waals surface area contributed by atoms with Crippen LogP contribution in [0.3, 0.4) is 0 Å². The van der Waals surface area contributed by atoms with Crippen LogP contribution < -0.4 is 15.2 Å². The quantitative estimate of drug-likeness (QED) is 0.509. The standard InChI is InChI=1S/C28H23FN2O5/c1-33-23-5-2-4-19(27(23)35-15-16-7-9-18(29)10-8-16)25-20(14-30)28(31)36-24-13-17(12-21(32)26(24)25)22-6-3-11-34-22/h2-11,17,25H,12-13,15,31H2,1H3/t17-,25+/m1/s1. The first-order valence-electron chi connectivity index (χ1n) is 11.4. The van der Waals surface area contributed by atoms with Crippen LogP contribution in [0.2, 0.25) is 0 Å². The minimum Gasteiger partial charge on any atom is -0.493 e. The van der Waals surface area contributed by atoms with E-state index in [9.17, 15) is 14.4 Å². The number of furan rings is 1. The molecule has 0 saturated carbocycles. The van der Waals surface area contributed by atoms with Gasteiger partial charge in [0.15, 0.2) is 17.3 Å². The van der Waals surface area contributed by atoms with Crippen molar-refractivity contribution >= 4 is 5.78 Å². The normalized spacial score (nSPS) is 19.4. The van der Waals surface area contributed by atoms with Gasteiger partial charge in [-0.05, 0) is 35.9 Å². The summed E-state index contributed by atoms with van der Waals surface area (Å²) >= 11 is 0. The van der Waals surface area contributed by atoms with Crippen molar-refractivity contribution in [1.29, 1.82) is 5.26 Å². The fourth-order valence-electron chi connectivity index (χ4n) is 4.75. The van der Waals surface area contributed by atoms with Gasteiger partial charge in [0, 0.05) is 29.9 Å². The molecule has 0 bridgehead atoms. The number of nitrogens with zero attached hydrogens (tertiary/aromatic N) is 1. The molecule has 0 fully saturated rings. The van der Waals surface area contributed by atoms with Crippen LogP contribution in [-0.2, 0) is 16.1 Å². The Balaban J connectivity index is 1.58. The van der Waals surface area contributed by atoms with E-state index in [2.05, 4.69) is 6.07 Å². The van der Waals surface area contributed by atoms with Crippen LogP contribution in [0.25, 0.3) is 0 Å². The Morgan fingerprint density at radius 2 is 1.94 bits per heavy atom. The van der Waals surface area contributed by atoms with Crippen molar-refractivity contribution in [3.8, 4) is 17.6 Å². The fraction of sp³-hybridized carbons (Fsp3) is 0.214. The van der Waals surface area contributed by atoms with Gasteiger partial charge in [-0.3, -0.25) is 4.79 Å². The molecule has 1 aliphatic heterocycles. The van der Waals surface area contributed by atoms with Crippen LogP contribution in [0.1, 0.15) is 41.6 Å². The van der Waals surface area contributed by atoms with Gasteiger partial charge < -0.3 is 24.4 Å². The Morgan fingerprint density at radius 3 is 2.64 bits per heavy atom. The second-order valence-electron chi connectivity index (χ2n) is 8.60. The molecule has 2 aromatic carbocycles. The van der Waals surface area contributed by atoms with Crippen LogP contribution in [0, 0.1) is 17.1 Å². The number of hydrogen-bond donors (Lipinski definition) is 1. The summed E-state index contributed by atoms with van der Waals surface area (Å²) in [6.07, 6.45) is 2.18. The van der Waals surface area contributed by atoms with Crippen LogP contribution in [0.15, 0.2) is 88.1 Å². The number of methoxy groups -OCH3 is 1. The molecule has 8 heteroatoms. The summed E-state index contributed by atoms with van der Waals surface area (Å²) in [4.78, 5) is 13.5. The zero-order valence-corrected chi connectivity index (χ0v) is 19.5. The van der Waals surface area contributed by atoms with Gasteiger partial charge in [-0.15, -0.1) is 0 Å². The number of rotatable bonds is 6. The van der Waals surface area contributed by atoms with Gasteiger partial charge in [0.2, 0.25) is 5.88 Å². The molecule has 1 aliphatic carbocycles. The van der Waals surface area contributed by atoms with Crippen molar-refractivity contribution in [1.82, 2.24) is 0 Å². The SMILES string of the molecule is COc1cccc([C@H]2C(C#N)=C(N)OC3=C2C(=O)C[C@@H](c2ccco2)C3)c1OCc1ccc(F)cc1. The van der Waals surface area contributed by atoms with Gasteiger partial charge >= 0.3 is 0 Å². The van der Waals surface area contributed by atoms with E-state index in [0.29, 0.717) is 40.6 Å². The molecule has 0 amide bonds. The highest BCUT2D eigenvalue weighted by molar-refractivity contribution is 6.00. The number of nitrogens with two attached hydrogens (primary N) is 1. The molecule has 182 valence electrons. The molecule has 3 aromatic rings. The zero-order valence-electron chi connectivity index (χ0n) is 19.5. The van der Waals surface area contributed by atoms with Crippen LogP contribution in [0.5, 0.6) is 11.5 Å². The Hall–Kier alpha value is -4.51. The average molecular weight is 486 g/mol. The Kier molecular flexibility index (Phi) is 6.21. The van der Waals surface area contributed by atoms with Crippen LogP contribution in [-0.4, -0.2) is 12.9 Å². The lowest BCUT2D eigenvalue weighted by molar-refractivity contribution is -0.117. The van der Waals surface area contributed by atoms with Crippen molar-refractivity contribution in [2.45, 2.75) is 31.3 Å². The average Bonchev–Trinajstić information content (AvgIpc) is 3.42. The van der Waals surface area contributed by atoms with Gasteiger partial charge in [0.05, 0.1) is 19.3 Å². The van der Waals surface area contributed by atoms with Gasteiger partial charge in [-0.1, -0.05) is 24.3 Å². The lowest BCUT2D eigenvalue weighted by atomic mass is 9.74. The molecule has 5 rings (SSSR count). The predicted octanol–water partition coefficient (Wildman–Crippen LogP) is 5.21. The summed E-state index contributed by atoms with van der Waals surface area (Å²) in [5.41, 5.74) is 7.99. The molecule has 36 heavy (non-hydrogen) atoms. The van der Waals surface area contributed by atoms with Crippen molar-refractivity contribution in [2.75, 3.05) is 7.11 Å². The fourth-order valence-corrected chi connectivity index (χ4v) is 4.75. The first kappa shape index (κ1) is 23.2. The number of allylic oxidation sites excluding steroid dienone is 3. The monoisotopic (exact) mass is 486 g/mol. The molecule has 0 spiro atoms. The molecule has 0 unspecified atom stereocenters. The number of hydrogen-bond acceptors (Lipinski definition) is 7. The minimum atomic E-state index is -0.790. The lowest BCUT2D eigenvalue weighted by Gasteiger charge is -2.34. The number of ketones is 1. The maximum absolute atomic E-state index is 13.5. The predicted molar refractivity (Wildman–Crippen MR) is 127 cm³/mol. The van der Waals surface area contributed by atoms with Crippen LogP contribution >= 0.6 is 0 Å². The van der Waals surface area contributed by atoms with Gasteiger partial charge in [0.25, 0.3) is 0 Å². The first-order valence-corrected chi connectivity index (χ1v) is 11.4. The second-order valence-corrected chi connectivity index (χ2v) is 8.60. The number of nitriles is 1. The summed E-state index contributed by atoms with van der Waals surface area (Å²) in [7, 11) is 1.51. The molecule has 2 heterocycles. The molecule has 2 atom stereocenters. The number of carbonyl (C=O) groups excluding carboxylic acids is 1. The first-order chi connectivity index (χ1) is 17.5. The topological polar surface area (TPSA) is 108 Å². The van der Waals surface area contributed by atoms with Gasteiger partial charge in [-0.25, -0.2) is 4.39 Å². The number of carbonyl (C=O) groups is 1. The highest BCUT2D eigenvalue weighted by Crippen LogP contribution is 2.50. The molecule has 2 N–H and O–H groups in total. The van der Waals surface area contributed by atoms with E-state index < -0.39 is 5.92 Å². The van der Waals surface area contributed by atoms with E-state index in [-0.39, 0.29) is 42.0 Å². The second kappa shape index (κ2) is 9.62. The lowest BCUT2D eigenvalue weighted by Crippen LogP contribution is -2.30. The van der Waals surface area contributed by atoms with Crippen molar-refractivity contribution < 1.29 is 27.8 Å². The van der Waals surface area contributed by atoms with Crippen LogP contribution in [0.4, 0.5) is 4.39 Å². The third-order valence-electron chi connectivity index (χ3n) is 6.44. The molecule has 2 aliphatic rings. The number of benzene rings is 2. The highest BCUT2D eigenvalue weighted by atomic mass is 19.1. The number of Topliss-reactive ketones (excluding diaryl/α,β-unsaturated/α-hetero) is 1. The molecule has 0 saturated heterocycles. The van der Waals surface area contributed by atoms with Crippen molar-refractivity contribution in [3.05, 3.63) is 106 Å². The summed E-state index contributed by atoms with van der Waals surface area (Å²) in [5, 5.41) is 10.00. The summed E-state index contributed by atoms with van der Waals surface area (Å²) in [6.45, 7) is 0.123. The number of ether oxygens (including phenoxy) is 3. The maximum Gasteiger partial charge on any atom is 0.205 e. The maximum atomic E-state index is 13.5. The van der Waals surface area contributed by atoms with E-state index in [1.807, 2.05) is 6.07 Å². The van der Waals surface area contributed by atoms with Gasteiger partial charge in [-0.2, -0.15) is 5.26 Å². The molecule has 1 aromatic heterocycles. The van der Waals surface area contributed by atoms with Crippen molar-refractivity contribution in [3.63, 3.8) is 0 Å². The van der Waals surface area contributed by atoms with E-state index in [0.717, 1.165) is 5.56 Å². The van der Waals surface area contributed by atoms with Crippen molar-refractivity contribution in [2.24, 2.45) is 5.73 Å². The Morgan fingerprint density at radius 1 is 1.14 bits per heavy atom. The largest absolute Gasteiger partial charge is 0.493 e. The number of para-hydroxylation sites is 1. The summed E-state index contributed by atoms with van der Waals surface area (Å²) < 4.78 is 36.4. The highest BCUT2D eigenvalue weighted by Gasteiger charge is 2.42. The molecule has 0 radical (unpaired) electrons. The van der Waals surface area contributed by atoms with Gasteiger partial charge in [0.1, 0.15) is 35.6 Å². The number of halogens is 1. The third kappa shape index (κ3) is 4.20. The molecular formula is C28H23FN2O5. The molecular weight excluding hydrogens is 463 g/mol. The van der Waals surface area contributed by atoms with E-state index >= 15 is 0 Å². The summed E-state index contributed by atoms with van der Waals surface area (Å²) in [6, 6.07) is 16.9. The summed E-state index contributed by atoms with van der Waals surface area (Å²) in [5.74, 6) is 0.359. The third-order valence-corrected chi connectivity index (χ3v) is 6.44. The van der Waals surface area contributed by atoms with E-state index in [1.54, 1.807) is 42.7 Å². The molecule has 7 nitrogen and oxygen atoms in total. The Bertz CT molecular complexity index is 1400.